The molecule has 1 aliphatic heterocycles. The van der Waals surface area contributed by atoms with Gasteiger partial charge in [-0.15, -0.1) is 0 Å². The number of para-hydroxylation sites is 2. The van der Waals surface area contributed by atoms with E-state index in [9.17, 15) is 9.59 Å². The number of benzene rings is 2. The van der Waals surface area contributed by atoms with Gasteiger partial charge in [-0.05, 0) is 43.0 Å². The highest BCUT2D eigenvalue weighted by molar-refractivity contribution is 5.75. The molecule has 8 nitrogen and oxygen atoms in total. The summed E-state index contributed by atoms with van der Waals surface area (Å²) in [6.07, 6.45) is 3.13. The number of hydrogen-bond acceptors (Lipinski definition) is 4. The minimum absolute atomic E-state index is 0.0768. The van der Waals surface area contributed by atoms with Crippen LogP contribution in [0.25, 0.3) is 11.0 Å². The summed E-state index contributed by atoms with van der Waals surface area (Å²) >= 11 is 0. The summed E-state index contributed by atoms with van der Waals surface area (Å²) in [5.74, 6) is 0. The van der Waals surface area contributed by atoms with Crippen molar-refractivity contribution in [2.45, 2.75) is 38.9 Å². The van der Waals surface area contributed by atoms with Crippen molar-refractivity contribution in [3.05, 3.63) is 66.0 Å². The van der Waals surface area contributed by atoms with Crippen molar-refractivity contribution >= 4 is 23.2 Å². The first-order chi connectivity index (χ1) is 15.6. The fraction of sp³-hybridized carbons (Fsp3) is 0.375. The molecule has 1 saturated heterocycles. The molecule has 0 spiro atoms. The summed E-state index contributed by atoms with van der Waals surface area (Å²) in [5.41, 5.74) is 4.31. The van der Waals surface area contributed by atoms with E-state index in [0.29, 0.717) is 26.2 Å². The molecule has 8 heteroatoms. The Bertz CT molecular complexity index is 1060. The molecular weight excluding hydrogens is 406 g/mol. The van der Waals surface area contributed by atoms with Gasteiger partial charge in [0.05, 0.1) is 24.0 Å². The Morgan fingerprint density at radius 2 is 1.91 bits per heavy atom. The monoisotopic (exact) mass is 435 g/mol. The van der Waals surface area contributed by atoms with Gasteiger partial charge in [0, 0.05) is 32.2 Å². The third-order valence-corrected chi connectivity index (χ3v) is 5.65. The van der Waals surface area contributed by atoms with Crippen LogP contribution in [-0.4, -0.2) is 52.3 Å². The van der Waals surface area contributed by atoms with E-state index in [-0.39, 0.29) is 12.1 Å². The van der Waals surface area contributed by atoms with Crippen LogP contribution in [0.15, 0.2) is 54.9 Å². The summed E-state index contributed by atoms with van der Waals surface area (Å²) in [4.78, 5) is 30.4. The van der Waals surface area contributed by atoms with Gasteiger partial charge in [0.15, 0.2) is 0 Å². The maximum Gasteiger partial charge on any atom is 0.407 e. The molecule has 2 heterocycles. The molecule has 2 N–H and O–H groups in total. The molecule has 3 amide bonds. The lowest BCUT2D eigenvalue weighted by Gasteiger charge is -2.32. The summed E-state index contributed by atoms with van der Waals surface area (Å²) in [5, 5.41) is 5.81. The molecule has 1 fully saturated rings. The second kappa shape index (κ2) is 10.2. The van der Waals surface area contributed by atoms with Crippen molar-refractivity contribution in [3.8, 4) is 0 Å². The topological polar surface area (TPSA) is 88.5 Å². The fourth-order valence-corrected chi connectivity index (χ4v) is 4.00. The van der Waals surface area contributed by atoms with Crippen LogP contribution in [0.5, 0.6) is 0 Å². The highest BCUT2D eigenvalue weighted by Gasteiger charge is 2.24. The summed E-state index contributed by atoms with van der Waals surface area (Å²) in [7, 11) is 0. The van der Waals surface area contributed by atoms with Crippen molar-refractivity contribution in [1.82, 2.24) is 25.1 Å². The maximum absolute atomic E-state index is 12.6. The lowest BCUT2D eigenvalue weighted by molar-refractivity contribution is 0.135. The zero-order chi connectivity index (χ0) is 22.3. The van der Waals surface area contributed by atoms with Gasteiger partial charge in [0.2, 0.25) is 0 Å². The molecule has 1 unspecified atom stereocenters. The number of ether oxygens (including phenoxy) is 1. The molecule has 3 aromatic rings. The normalized spacial score (nSPS) is 16.0. The highest BCUT2D eigenvalue weighted by atomic mass is 16.5. The van der Waals surface area contributed by atoms with Gasteiger partial charge in [-0.25, -0.2) is 14.6 Å². The highest BCUT2D eigenvalue weighted by Crippen LogP contribution is 2.15. The molecule has 0 radical (unpaired) electrons. The summed E-state index contributed by atoms with van der Waals surface area (Å²) < 4.78 is 7.06. The molecule has 2 aromatic carbocycles. The van der Waals surface area contributed by atoms with Crippen LogP contribution < -0.4 is 10.6 Å². The number of piperidine rings is 1. The van der Waals surface area contributed by atoms with Gasteiger partial charge in [-0.1, -0.05) is 36.4 Å². The Morgan fingerprint density at radius 3 is 2.72 bits per heavy atom. The van der Waals surface area contributed by atoms with Crippen LogP contribution in [0.3, 0.4) is 0 Å². The second-order valence-electron chi connectivity index (χ2n) is 7.99. The van der Waals surface area contributed by atoms with E-state index in [1.807, 2.05) is 36.7 Å². The lowest BCUT2D eigenvalue weighted by atomic mass is 10.1. The van der Waals surface area contributed by atoms with E-state index < -0.39 is 6.09 Å². The van der Waals surface area contributed by atoms with Crippen molar-refractivity contribution in [2.24, 2.45) is 0 Å². The second-order valence-corrected chi connectivity index (χ2v) is 7.99. The number of aromatic nitrogens is 2. The minimum Gasteiger partial charge on any atom is -0.450 e. The van der Waals surface area contributed by atoms with Crippen molar-refractivity contribution in [3.63, 3.8) is 0 Å². The Hall–Kier alpha value is -3.55. The predicted molar refractivity (Wildman–Crippen MR) is 122 cm³/mol. The smallest absolute Gasteiger partial charge is 0.407 e. The van der Waals surface area contributed by atoms with Crippen LogP contribution in [0, 0.1) is 0 Å². The first-order valence-corrected chi connectivity index (χ1v) is 11.1. The third-order valence-electron chi connectivity index (χ3n) is 5.65. The number of alkyl carbamates (subject to hydrolysis) is 1. The standard InChI is InChI=1S/C24H29N5O3/c1-2-32-24(31)27-20-6-5-13-28(16-20)23(30)25-14-18-9-11-19(12-10-18)15-29-17-26-21-7-3-4-8-22(21)29/h3-4,7-12,17,20H,2,5-6,13-16H2,1H3,(H,25,30)(H,27,31). The molecule has 0 bridgehead atoms. The molecule has 1 aliphatic rings. The first kappa shape index (κ1) is 21.7. The van der Waals surface area contributed by atoms with E-state index in [1.165, 1.54) is 5.56 Å². The number of nitrogens with one attached hydrogen (secondary N) is 2. The SMILES string of the molecule is CCOC(=O)NC1CCCN(C(=O)NCc2ccc(Cn3cnc4ccccc43)cc2)C1. The first-order valence-electron chi connectivity index (χ1n) is 11.1. The van der Waals surface area contributed by atoms with Crippen LogP contribution >= 0.6 is 0 Å². The zero-order valence-corrected chi connectivity index (χ0v) is 18.3. The number of nitrogens with zero attached hydrogens (tertiary/aromatic N) is 3. The van der Waals surface area contributed by atoms with Gasteiger partial charge >= 0.3 is 12.1 Å². The largest absolute Gasteiger partial charge is 0.450 e. The van der Waals surface area contributed by atoms with Gasteiger partial charge in [-0.3, -0.25) is 0 Å². The molecule has 0 aliphatic carbocycles. The van der Waals surface area contributed by atoms with Crippen LogP contribution in [0.4, 0.5) is 9.59 Å². The number of carbonyl (C=O) groups excluding carboxylic acids is 2. The fourth-order valence-electron chi connectivity index (χ4n) is 4.00. The molecule has 1 aromatic heterocycles. The average Bonchev–Trinajstić information content (AvgIpc) is 3.21. The Kier molecular flexibility index (Phi) is 6.89. The van der Waals surface area contributed by atoms with Gasteiger partial charge in [-0.2, -0.15) is 0 Å². The maximum atomic E-state index is 12.6. The van der Waals surface area contributed by atoms with E-state index in [4.69, 9.17) is 4.74 Å². The Balaban J connectivity index is 1.27. The molecular formula is C24H29N5O3. The minimum atomic E-state index is -0.427. The molecule has 1 atom stereocenters. The van der Waals surface area contributed by atoms with Gasteiger partial charge in [0.25, 0.3) is 0 Å². The predicted octanol–water partition coefficient (Wildman–Crippen LogP) is 3.50. The molecule has 0 saturated carbocycles. The molecule has 4 rings (SSSR count). The van der Waals surface area contributed by atoms with Crippen LogP contribution in [0.1, 0.15) is 30.9 Å². The third kappa shape index (κ3) is 5.38. The number of urea groups is 1. The number of amides is 3. The molecule has 32 heavy (non-hydrogen) atoms. The van der Waals surface area contributed by atoms with E-state index in [1.54, 1.807) is 11.8 Å². The summed E-state index contributed by atoms with van der Waals surface area (Å²) in [6.45, 7) is 4.48. The van der Waals surface area contributed by atoms with Crippen molar-refractivity contribution < 1.29 is 14.3 Å². The number of imidazole rings is 1. The van der Waals surface area contributed by atoms with Gasteiger partial charge < -0.3 is 24.8 Å². The Labute approximate surface area is 187 Å². The number of carbonyl (C=O) groups is 2. The van der Waals surface area contributed by atoms with E-state index >= 15 is 0 Å². The average molecular weight is 436 g/mol. The summed E-state index contributed by atoms with van der Waals surface area (Å²) in [6, 6.07) is 16.1. The van der Waals surface area contributed by atoms with Crippen LogP contribution in [-0.2, 0) is 17.8 Å². The number of rotatable bonds is 6. The van der Waals surface area contributed by atoms with Gasteiger partial charge in [0.1, 0.15) is 0 Å². The van der Waals surface area contributed by atoms with Crippen LogP contribution in [0.2, 0.25) is 0 Å². The van der Waals surface area contributed by atoms with E-state index in [2.05, 4.69) is 38.4 Å². The van der Waals surface area contributed by atoms with Crippen molar-refractivity contribution in [2.75, 3.05) is 19.7 Å². The van der Waals surface area contributed by atoms with E-state index in [0.717, 1.165) is 36.0 Å². The quantitative estimate of drug-likeness (QED) is 0.620. The number of hydrogen-bond donors (Lipinski definition) is 2. The zero-order valence-electron chi connectivity index (χ0n) is 18.3. The number of likely N-dealkylation sites (tertiary alicyclic amines) is 1. The molecule has 168 valence electrons. The van der Waals surface area contributed by atoms with Crippen molar-refractivity contribution in [1.29, 1.82) is 0 Å². The Morgan fingerprint density at radius 1 is 1.12 bits per heavy atom. The lowest BCUT2D eigenvalue weighted by Crippen LogP contribution is -2.52. The number of fused-ring (bicyclic) bond motifs is 1.